The number of aromatic hydroxyl groups is 1. The summed E-state index contributed by atoms with van der Waals surface area (Å²) in [6.45, 7) is 6.71. The molecule has 1 heterocycles. The molecular weight excluding hydrogens is 280 g/mol. The van der Waals surface area contributed by atoms with Crippen LogP contribution in [0.1, 0.15) is 50.5 Å². The summed E-state index contributed by atoms with van der Waals surface area (Å²) in [6.07, 6.45) is 5.01. The Morgan fingerprint density at radius 1 is 1.45 bits per heavy atom. The molecular formula is C17H24N2O3. The van der Waals surface area contributed by atoms with Crippen molar-refractivity contribution >= 4 is 5.91 Å². The van der Waals surface area contributed by atoms with Gasteiger partial charge in [-0.15, -0.1) is 0 Å². The van der Waals surface area contributed by atoms with E-state index in [2.05, 4.69) is 31.1 Å². The number of methoxy groups -OCH3 is 1. The van der Waals surface area contributed by atoms with E-state index in [1.807, 2.05) is 0 Å². The van der Waals surface area contributed by atoms with E-state index in [9.17, 15) is 9.90 Å². The highest BCUT2D eigenvalue weighted by Gasteiger charge is 2.59. The van der Waals surface area contributed by atoms with E-state index in [-0.39, 0.29) is 40.0 Å². The molecule has 5 nitrogen and oxygen atoms in total. The van der Waals surface area contributed by atoms with Crippen LogP contribution in [0.25, 0.3) is 0 Å². The zero-order valence-electron chi connectivity index (χ0n) is 13.6. The van der Waals surface area contributed by atoms with Gasteiger partial charge in [0.1, 0.15) is 0 Å². The molecule has 2 N–H and O–H groups in total. The zero-order chi connectivity index (χ0) is 16.1. The van der Waals surface area contributed by atoms with Gasteiger partial charge in [0.15, 0.2) is 17.2 Å². The van der Waals surface area contributed by atoms with Crippen LogP contribution in [0.4, 0.5) is 0 Å². The first-order valence-corrected chi connectivity index (χ1v) is 7.82. The lowest BCUT2D eigenvalue weighted by Gasteiger charge is -2.43. The first-order valence-electron chi connectivity index (χ1n) is 7.82. The Hall–Kier alpha value is -1.78. The Morgan fingerprint density at radius 3 is 2.77 bits per heavy atom. The maximum absolute atomic E-state index is 12.6. The molecule has 2 aliphatic carbocycles. The molecule has 0 aliphatic heterocycles. The number of hydrogen-bond acceptors (Lipinski definition) is 4. The molecule has 22 heavy (non-hydrogen) atoms. The second-order valence-corrected chi connectivity index (χ2v) is 7.53. The molecule has 3 unspecified atom stereocenters. The molecule has 0 radical (unpaired) electrons. The molecule has 3 atom stereocenters. The van der Waals surface area contributed by atoms with Crippen LogP contribution in [-0.2, 0) is 0 Å². The van der Waals surface area contributed by atoms with Gasteiger partial charge in [-0.25, -0.2) is 4.98 Å². The summed E-state index contributed by atoms with van der Waals surface area (Å²) < 4.78 is 5.05. The molecule has 120 valence electrons. The zero-order valence-corrected chi connectivity index (χ0v) is 13.6. The predicted octanol–water partition coefficient (Wildman–Crippen LogP) is 2.74. The lowest BCUT2D eigenvalue weighted by molar-refractivity contribution is 0.0730. The topological polar surface area (TPSA) is 71.5 Å². The molecule has 2 aliphatic rings. The maximum atomic E-state index is 12.6. The lowest BCUT2D eigenvalue weighted by atomic mass is 9.68. The second kappa shape index (κ2) is 4.86. The first kappa shape index (κ1) is 15.1. The fourth-order valence-electron chi connectivity index (χ4n) is 4.63. The SMILES string of the molecule is COc1ccnc(C(=O)NC2C3(C)CCC(C3)C2(C)C)c1O. The third-order valence-corrected chi connectivity index (χ3v) is 5.87. The monoisotopic (exact) mass is 304 g/mol. The normalized spacial score (nSPS) is 32.0. The summed E-state index contributed by atoms with van der Waals surface area (Å²) in [5, 5.41) is 13.2. The number of fused-ring (bicyclic) bond motifs is 2. The molecule has 1 aromatic heterocycles. The van der Waals surface area contributed by atoms with E-state index < -0.39 is 0 Å². The smallest absolute Gasteiger partial charge is 0.274 e. The second-order valence-electron chi connectivity index (χ2n) is 7.53. The fourth-order valence-corrected chi connectivity index (χ4v) is 4.63. The average Bonchev–Trinajstić information content (AvgIpc) is 2.95. The summed E-state index contributed by atoms with van der Waals surface area (Å²) in [7, 11) is 1.46. The van der Waals surface area contributed by atoms with Crippen molar-refractivity contribution in [1.29, 1.82) is 0 Å². The van der Waals surface area contributed by atoms with E-state index in [0.29, 0.717) is 5.92 Å². The lowest BCUT2D eigenvalue weighted by Crippen LogP contribution is -2.52. The Morgan fingerprint density at radius 2 is 2.18 bits per heavy atom. The van der Waals surface area contributed by atoms with Gasteiger partial charge in [-0.1, -0.05) is 20.8 Å². The minimum Gasteiger partial charge on any atom is -0.503 e. The van der Waals surface area contributed by atoms with Crippen LogP contribution in [-0.4, -0.2) is 29.1 Å². The van der Waals surface area contributed by atoms with E-state index in [1.165, 1.54) is 25.8 Å². The van der Waals surface area contributed by atoms with Crippen molar-refractivity contribution in [2.75, 3.05) is 7.11 Å². The highest BCUT2D eigenvalue weighted by Crippen LogP contribution is 2.62. The fraction of sp³-hybridized carbons (Fsp3) is 0.647. The van der Waals surface area contributed by atoms with Gasteiger partial charge in [-0.05, 0) is 36.0 Å². The molecule has 3 rings (SSSR count). The van der Waals surface area contributed by atoms with Gasteiger partial charge >= 0.3 is 0 Å². The van der Waals surface area contributed by atoms with Crippen LogP contribution >= 0.6 is 0 Å². The third-order valence-electron chi connectivity index (χ3n) is 5.87. The quantitative estimate of drug-likeness (QED) is 0.900. The minimum atomic E-state index is -0.330. The predicted molar refractivity (Wildman–Crippen MR) is 82.9 cm³/mol. The molecule has 5 heteroatoms. The van der Waals surface area contributed by atoms with Crippen LogP contribution in [0, 0.1) is 16.7 Å². The largest absolute Gasteiger partial charge is 0.503 e. The van der Waals surface area contributed by atoms with Gasteiger partial charge in [0.2, 0.25) is 0 Å². The van der Waals surface area contributed by atoms with Crippen LogP contribution in [0.2, 0.25) is 0 Å². The molecule has 0 saturated heterocycles. The Balaban J connectivity index is 1.86. The van der Waals surface area contributed by atoms with Gasteiger partial charge in [-0.2, -0.15) is 0 Å². The van der Waals surface area contributed by atoms with Crippen LogP contribution in [0.5, 0.6) is 11.5 Å². The van der Waals surface area contributed by atoms with Crippen LogP contribution in [0.3, 0.4) is 0 Å². The number of ether oxygens (including phenoxy) is 1. The van der Waals surface area contributed by atoms with E-state index in [4.69, 9.17) is 4.74 Å². The van der Waals surface area contributed by atoms with E-state index in [1.54, 1.807) is 0 Å². The van der Waals surface area contributed by atoms with Crippen molar-refractivity contribution in [2.24, 2.45) is 16.7 Å². The Labute approximate surface area is 131 Å². The van der Waals surface area contributed by atoms with Gasteiger partial charge in [0, 0.05) is 18.3 Å². The number of rotatable bonds is 3. The summed E-state index contributed by atoms with van der Waals surface area (Å²) >= 11 is 0. The van der Waals surface area contributed by atoms with Gasteiger partial charge in [-0.3, -0.25) is 4.79 Å². The van der Waals surface area contributed by atoms with Gasteiger partial charge in [0.05, 0.1) is 7.11 Å². The van der Waals surface area contributed by atoms with Crippen LogP contribution in [0.15, 0.2) is 12.3 Å². The molecule has 1 aromatic rings. The number of carbonyl (C=O) groups is 1. The number of amides is 1. The van der Waals surface area contributed by atoms with Crippen molar-refractivity contribution in [3.8, 4) is 11.5 Å². The number of aromatic nitrogens is 1. The highest BCUT2D eigenvalue weighted by molar-refractivity contribution is 5.95. The van der Waals surface area contributed by atoms with Crippen LogP contribution < -0.4 is 10.1 Å². The first-order chi connectivity index (χ1) is 10.3. The van der Waals surface area contributed by atoms with Crippen molar-refractivity contribution in [3.05, 3.63) is 18.0 Å². The number of nitrogens with zero attached hydrogens (tertiary/aromatic N) is 1. The van der Waals surface area contributed by atoms with Crippen molar-refractivity contribution in [2.45, 2.75) is 46.1 Å². The average molecular weight is 304 g/mol. The highest BCUT2D eigenvalue weighted by atomic mass is 16.5. The van der Waals surface area contributed by atoms with Gasteiger partial charge in [0.25, 0.3) is 5.91 Å². The number of carbonyl (C=O) groups excluding carboxylic acids is 1. The number of hydrogen-bond donors (Lipinski definition) is 2. The Bertz CT molecular complexity index is 609. The van der Waals surface area contributed by atoms with Crippen molar-refractivity contribution in [1.82, 2.24) is 10.3 Å². The van der Waals surface area contributed by atoms with Crippen molar-refractivity contribution in [3.63, 3.8) is 0 Å². The molecule has 0 spiro atoms. The summed E-state index contributed by atoms with van der Waals surface area (Å²) in [4.78, 5) is 16.6. The maximum Gasteiger partial charge on any atom is 0.274 e. The molecule has 2 fully saturated rings. The third kappa shape index (κ3) is 2.06. The summed E-state index contributed by atoms with van der Waals surface area (Å²) in [6, 6.07) is 1.63. The minimum absolute atomic E-state index is 0.0292. The molecule has 0 aromatic carbocycles. The number of pyridine rings is 1. The van der Waals surface area contributed by atoms with E-state index in [0.717, 1.165) is 12.8 Å². The Kier molecular flexibility index (Phi) is 3.34. The van der Waals surface area contributed by atoms with Gasteiger partial charge < -0.3 is 15.2 Å². The standard InChI is InChI=1S/C17H24N2O3/c1-16(2)10-5-7-17(3,9-10)15(16)19-14(21)12-13(20)11(22-4)6-8-18-12/h6,8,10,15,20H,5,7,9H2,1-4H3,(H,19,21). The number of nitrogens with one attached hydrogen (secondary N) is 1. The molecule has 1 amide bonds. The summed E-state index contributed by atoms with van der Waals surface area (Å²) in [5.74, 6) is 0.380. The molecule has 2 saturated carbocycles. The van der Waals surface area contributed by atoms with Crippen molar-refractivity contribution < 1.29 is 14.6 Å². The summed E-state index contributed by atoms with van der Waals surface area (Å²) in [5.41, 5.74) is 0.233. The molecule has 2 bridgehead atoms. The van der Waals surface area contributed by atoms with E-state index >= 15 is 0 Å².